The quantitative estimate of drug-likeness (QED) is 0.574. The summed E-state index contributed by atoms with van der Waals surface area (Å²) in [6, 6.07) is 3.15. The van der Waals surface area contributed by atoms with Crippen LogP contribution in [0, 0.1) is 11.6 Å². The van der Waals surface area contributed by atoms with E-state index in [1.54, 1.807) is 0 Å². The smallest absolute Gasteiger partial charge is 0.251 e. The summed E-state index contributed by atoms with van der Waals surface area (Å²) in [5, 5.41) is 0.516. The van der Waals surface area contributed by atoms with Gasteiger partial charge in [0.1, 0.15) is 11.6 Å². The van der Waals surface area contributed by atoms with Gasteiger partial charge < -0.3 is 0 Å². The Morgan fingerprint density at radius 3 is 2.47 bits per heavy atom. The largest absolute Gasteiger partial charge is 0.293 e. The zero-order valence-corrected chi connectivity index (χ0v) is 10.6. The summed E-state index contributed by atoms with van der Waals surface area (Å²) in [6.45, 7) is -0.00831. The third-order valence-electron chi connectivity index (χ3n) is 2.21. The monoisotopic (exact) mass is 313 g/mol. The zero-order chi connectivity index (χ0) is 12.8. The fourth-order valence-electron chi connectivity index (χ4n) is 1.44. The maximum Gasteiger partial charge on any atom is 0.251 e. The molecule has 1 aromatic carbocycles. The molecule has 6 heteroatoms. The van der Waals surface area contributed by atoms with E-state index in [9.17, 15) is 17.6 Å². The number of nitrogens with zero attached hydrogens (tertiary/aromatic N) is 1. The lowest BCUT2D eigenvalue weighted by atomic mass is 10.2. The van der Waals surface area contributed by atoms with Crippen molar-refractivity contribution in [3.8, 4) is 0 Å². The second kappa shape index (κ2) is 6.96. The summed E-state index contributed by atoms with van der Waals surface area (Å²) in [5.41, 5.74) is 0.216. The Balaban J connectivity index is 2.71. The molecule has 0 unspecified atom stereocenters. The highest BCUT2D eigenvalue weighted by Gasteiger charge is 2.14. The number of halogens is 5. The minimum atomic E-state index is -2.47. The van der Waals surface area contributed by atoms with Gasteiger partial charge in [0.05, 0.1) is 6.54 Å². The van der Waals surface area contributed by atoms with Crippen LogP contribution in [0.25, 0.3) is 0 Å². The van der Waals surface area contributed by atoms with E-state index in [-0.39, 0.29) is 12.1 Å². The average molecular weight is 314 g/mol. The van der Waals surface area contributed by atoms with Gasteiger partial charge in [-0.3, -0.25) is 4.90 Å². The van der Waals surface area contributed by atoms with Crippen molar-refractivity contribution in [1.29, 1.82) is 0 Å². The van der Waals surface area contributed by atoms with Crippen molar-refractivity contribution in [2.45, 2.75) is 13.0 Å². The van der Waals surface area contributed by atoms with Gasteiger partial charge in [-0.2, -0.15) is 0 Å². The number of benzene rings is 1. The van der Waals surface area contributed by atoms with Crippen LogP contribution in [0.4, 0.5) is 17.6 Å². The van der Waals surface area contributed by atoms with Crippen LogP contribution in [-0.4, -0.2) is 29.7 Å². The molecule has 0 fully saturated rings. The molecular formula is C11H12BrF4N. The Labute approximate surface area is 106 Å². The maximum atomic E-state index is 13.3. The molecule has 0 aromatic heterocycles. The molecule has 0 radical (unpaired) electrons. The van der Waals surface area contributed by atoms with Crippen molar-refractivity contribution >= 4 is 15.9 Å². The molecule has 0 aliphatic rings. The molecule has 17 heavy (non-hydrogen) atoms. The van der Waals surface area contributed by atoms with Crippen LogP contribution in [0.1, 0.15) is 5.56 Å². The lowest BCUT2D eigenvalue weighted by Gasteiger charge is -2.21. The van der Waals surface area contributed by atoms with Gasteiger partial charge in [-0.15, -0.1) is 0 Å². The predicted molar refractivity (Wildman–Crippen MR) is 61.4 cm³/mol. The first-order chi connectivity index (χ1) is 8.02. The van der Waals surface area contributed by atoms with Crippen molar-refractivity contribution < 1.29 is 17.6 Å². The van der Waals surface area contributed by atoms with Gasteiger partial charge in [0.2, 0.25) is 0 Å². The lowest BCUT2D eigenvalue weighted by Crippen LogP contribution is -2.30. The molecule has 0 saturated heterocycles. The minimum absolute atomic E-state index is 0.0437. The number of rotatable bonds is 6. The molecule has 1 aromatic rings. The standard InChI is InChI=1S/C11H12BrF4N/c12-3-4-17(7-11(15)16)6-8-1-2-9(13)5-10(8)14/h1-2,5,11H,3-4,6-7H2. The summed E-state index contributed by atoms with van der Waals surface area (Å²) in [5.74, 6) is -1.38. The zero-order valence-electron chi connectivity index (χ0n) is 8.97. The molecular weight excluding hydrogens is 302 g/mol. The van der Waals surface area contributed by atoms with Crippen molar-refractivity contribution in [1.82, 2.24) is 4.90 Å². The topological polar surface area (TPSA) is 3.24 Å². The van der Waals surface area contributed by atoms with Gasteiger partial charge in [-0.1, -0.05) is 22.0 Å². The van der Waals surface area contributed by atoms with E-state index >= 15 is 0 Å². The van der Waals surface area contributed by atoms with Crippen molar-refractivity contribution in [2.24, 2.45) is 0 Å². The molecule has 0 bridgehead atoms. The Kier molecular flexibility index (Phi) is 5.91. The summed E-state index contributed by atoms with van der Waals surface area (Å²) >= 11 is 3.14. The Morgan fingerprint density at radius 2 is 1.94 bits per heavy atom. The predicted octanol–water partition coefficient (Wildman–Crippen LogP) is 3.43. The Morgan fingerprint density at radius 1 is 1.24 bits per heavy atom. The van der Waals surface area contributed by atoms with Gasteiger partial charge in [0, 0.05) is 30.0 Å². The molecule has 0 atom stereocenters. The van der Waals surface area contributed by atoms with Crippen LogP contribution in [-0.2, 0) is 6.54 Å². The van der Waals surface area contributed by atoms with Crippen LogP contribution in [0.2, 0.25) is 0 Å². The Bertz CT molecular complexity index is 359. The molecule has 0 aliphatic heterocycles. The first kappa shape index (κ1) is 14.4. The molecule has 1 nitrogen and oxygen atoms in total. The minimum Gasteiger partial charge on any atom is -0.293 e. The van der Waals surface area contributed by atoms with E-state index in [2.05, 4.69) is 15.9 Å². The lowest BCUT2D eigenvalue weighted by molar-refractivity contribution is 0.0876. The normalized spacial score (nSPS) is 11.5. The van der Waals surface area contributed by atoms with E-state index in [0.29, 0.717) is 11.9 Å². The third-order valence-corrected chi connectivity index (χ3v) is 2.56. The van der Waals surface area contributed by atoms with Gasteiger partial charge in [-0.05, 0) is 6.07 Å². The molecule has 96 valence electrons. The number of hydrogen-bond donors (Lipinski definition) is 0. The molecule has 0 saturated carbocycles. The number of hydrogen-bond acceptors (Lipinski definition) is 1. The van der Waals surface area contributed by atoms with Gasteiger partial charge in [-0.25, -0.2) is 17.6 Å². The molecule has 0 amide bonds. The van der Waals surface area contributed by atoms with E-state index in [4.69, 9.17) is 0 Å². The van der Waals surface area contributed by atoms with E-state index in [0.717, 1.165) is 12.1 Å². The third kappa shape index (κ3) is 5.04. The summed E-state index contributed by atoms with van der Waals surface area (Å²) in [4.78, 5) is 1.41. The second-order valence-corrected chi connectivity index (χ2v) is 4.34. The van der Waals surface area contributed by atoms with Crippen LogP contribution >= 0.6 is 15.9 Å². The number of alkyl halides is 3. The summed E-state index contributed by atoms with van der Waals surface area (Å²) in [6.07, 6.45) is -2.47. The van der Waals surface area contributed by atoms with Crippen LogP contribution < -0.4 is 0 Å². The highest BCUT2D eigenvalue weighted by atomic mass is 79.9. The molecule has 0 aliphatic carbocycles. The highest BCUT2D eigenvalue weighted by molar-refractivity contribution is 9.09. The fraction of sp³-hybridized carbons (Fsp3) is 0.455. The highest BCUT2D eigenvalue weighted by Crippen LogP contribution is 2.13. The second-order valence-electron chi connectivity index (χ2n) is 3.55. The average Bonchev–Trinajstić information content (AvgIpc) is 2.21. The van der Waals surface area contributed by atoms with Crippen LogP contribution in [0.15, 0.2) is 18.2 Å². The molecule has 0 spiro atoms. The summed E-state index contributed by atoms with van der Waals surface area (Å²) in [7, 11) is 0. The van der Waals surface area contributed by atoms with E-state index < -0.39 is 24.6 Å². The SMILES string of the molecule is Fc1ccc(CN(CCBr)CC(F)F)c(F)c1. The van der Waals surface area contributed by atoms with Gasteiger partial charge >= 0.3 is 0 Å². The summed E-state index contributed by atoms with van der Waals surface area (Å²) < 4.78 is 50.5. The first-order valence-electron chi connectivity index (χ1n) is 5.03. The molecule has 1 rings (SSSR count). The van der Waals surface area contributed by atoms with Gasteiger partial charge in [0.25, 0.3) is 6.43 Å². The Hall–Kier alpha value is -0.620. The molecule has 0 N–H and O–H groups in total. The van der Waals surface area contributed by atoms with Crippen molar-refractivity contribution in [3.63, 3.8) is 0 Å². The molecule has 0 heterocycles. The van der Waals surface area contributed by atoms with Crippen LogP contribution in [0.3, 0.4) is 0 Å². The van der Waals surface area contributed by atoms with Crippen molar-refractivity contribution in [3.05, 3.63) is 35.4 Å². The first-order valence-corrected chi connectivity index (χ1v) is 6.15. The van der Waals surface area contributed by atoms with Gasteiger partial charge in [0.15, 0.2) is 0 Å². The van der Waals surface area contributed by atoms with E-state index in [1.807, 2.05) is 0 Å². The van der Waals surface area contributed by atoms with Crippen molar-refractivity contribution in [2.75, 3.05) is 18.4 Å². The van der Waals surface area contributed by atoms with E-state index in [1.165, 1.54) is 11.0 Å². The fourth-order valence-corrected chi connectivity index (χ4v) is 1.94. The maximum absolute atomic E-state index is 13.3. The van der Waals surface area contributed by atoms with Crippen LogP contribution in [0.5, 0.6) is 0 Å².